The number of rotatable bonds is 2. The SMILES string of the molecule is COc1ccccc1C1(O)CCC(C)(C)C1. The Labute approximate surface area is 97.3 Å². The molecule has 2 nitrogen and oxygen atoms in total. The van der Waals surface area contributed by atoms with Gasteiger partial charge < -0.3 is 9.84 Å². The molecular formula is C14H20O2. The summed E-state index contributed by atoms with van der Waals surface area (Å²) in [6.45, 7) is 4.42. The molecule has 1 aliphatic carbocycles. The molecule has 1 saturated carbocycles. The summed E-state index contributed by atoms with van der Waals surface area (Å²) in [5.74, 6) is 0.794. The lowest BCUT2D eigenvalue weighted by Crippen LogP contribution is -2.24. The van der Waals surface area contributed by atoms with E-state index in [9.17, 15) is 5.11 Å². The van der Waals surface area contributed by atoms with E-state index in [0.717, 1.165) is 30.6 Å². The zero-order valence-electron chi connectivity index (χ0n) is 10.3. The quantitative estimate of drug-likeness (QED) is 0.830. The van der Waals surface area contributed by atoms with Gasteiger partial charge in [0, 0.05) is 5.56 Å². The van der Waals surface area contributed by atoms with Crippen LogP contribution in [-0.2, 0) is 5.60 Å². The number of methoxy groups -OCH3 is 1. The second kappa shape index (κ2) is 3.77. The van der Waals surface area contributed by atoms with Crippen LogP contribution in [0.15, 0.2) is 24.3 Å². The number of aliphatic hydroxyl groups is 1. The fourth-order valence-electron chi connectivity index (χ4n) is 2.77. The van der Waals surface area contributed by atoms with E-state index < -0.39 is 5.60 Å². The highest BCUT2D eigenvalue weighted by molar-refractivity contribution is 5.38. The molecule has 0 radical (unpaired) electrons. The third-order valence-electron chi connectivity index (χ3n) is 3.59. The molecule has 0 amide bonds. The van der Waals surface area contributed by atoms with Crippen LogP contribution in [0.1, 0.15) is 38.7 Å². The molecule has 1 aromatic rings. The van der Waals surface area contributed by atoms with Crippen LogP contribution in [0.3, 0.4) is 0 Å². The molecule has 1 unspecified atom stereocenters. The van der Waals surface area contributed by atoms with Crippen molar-refractivity contribution < 1.29 is 9.84 Å². The standard InChI is InChI=1S/C14H20O2/c1-13(2)8-9-14(15,10-13)11-6-4-5-7-12(11)16-3/h4-7,15H,8-10H2,1-3H3. The number of hydrogen-bond acceptors (Lipinski definition) is 2. The minimum absolute atomic E-state index is 0.218. The second-order valence-electron chi connectivity index (χ2n) is 5.57. The zero-order valence-corrected chi connectivity index (χ0v) is 10.3. The van der Waals surface area contributed by atoms with Crippen molar-refractivity contribution in [1.29, 1.82) is 0 Å². The van der Waals surface area contributed by atoms with Crippen molar-refractivity contribution in [3.05, 3.63) is 29.8 Å². The zero-order chi connectivity index (χ0) is 11.8. The van der Waals surface area contributed by atoms with Crippen molar-refractivity contribution in [2.75, 3.05) is 7.11 Å². The van der Waals surface area contributed by atoms with Gasteiger partial charge >= 0.3 is 0 Å². The van der Waals surface area contributed by atoms with Crippen LogP contribution < -0.4 is 4.74 Å². The van der Waals surface area contributed by atoms with Gasteiger partial charge in [0.15, 0.2) is 0 Å². The first-order valence-corrected chi connectivity index (χ1v) is 5.83. The van der Waals surface area contributed by atoms with Crippen molar-refractivity contribution in [2.24, 2.45) is 5.41 Å². The largest absolute Gasteiger partial charge is 0.496 e. The molecule has 1 atom stereocenters. The van der Waals surface area contributed by atoms with E-state index in [0.29, 0.717) is 0 Å². The molecule has 2 rings (SSSR count). The van der Waals surface area contributed by atoms with Gasteiger partial charge in [-0.1, -0.05) is 32.0 Å². The van der Waals surface area contributed by atoms with Gasteiger partial charge in [-0.25, -0.2) is 0 Å². The summed E-state index contributed by atoms with van der Waals surface area (Å²) in [4.78, 5) is 0. The number of benzene rings is 1. The Morgan fingerprint density at radius 1 is 1.19 bits per heavy atom. The van der Waals surface area contributed by atoms with Crippen molar-refractivity contribution in [1.82, 2.24) is 0 Å². The van der Waals surface area contributed by atoms with Crippen LogP contribution in [0.25, 0.3) is 0 Å². The van der Waals surface area contributed by atoms with Crippen LogP contribution in [0, 0.1) is 5.41 Å². The maximum absolute atomic E-state index is 10.7. The fraction of sp³-hybridized carbons (Fsp3) is 0.571. The Hall–Kier alpha value is -1.02. The third-order valence-corrected chi connectivity index (χ3v) is 3.59. The molecule has 16 heavy (non-hydrogen) atoms. The molecule has 0 spiro atoms. The molecule has 0 aliphatic heterocycles. The average molecular weight is 220 g/mol. The molecule has 1 aliphatic rings. The van der Waals surface area contributed by atoms with E-state index in [-0.39, 0.29) is 5.41 Å². The maximum atomic E-state index is 10.7. The highest BCUT2D eigenvalue weighted by Crippen LogP contribution is 2.50. The van der Waals surface area contributed by atoms with Gasteiger partial charge in [0.05, 0.1) is 12.7 Å². The molecule has 88 valence electrons. The summed E-state index contributed by atoms with van der Waals surface area (Å²) in [5.41, 5.74) is 0.439. The van der Waals surface area contributed by atoms with E-state index >= 15 is 0 Å². The Kier molecular flexibility index (Phi) is 2.70. The molecule has 1 aromatic carbocycles. The van der Waals surface area contributed by atoms with Gasteiger partial charge in [0.1, 0.15) is 5.75 Å². The van der Waals surface area contributed by atoms with Crippen molar-refractivity contribution in [3.63, 3.8) is 0 Å². The summed E-state index contributed by atoms with van der Waals surface area (Å²) in [6, 6.07) is 7.78. The molecule has 1 N–H and O–H groups in total. The summed E-state index contributed by atoms with van der Waals surface area (Å²) in [5, 5.41) is 10.7. The Balaban J connectivity index is 2.37. The van der Waals surface area contributed by atoms with Gasteiger partial charge in [-0.05, 0) is 30.7 Å². The van der Waals surface area contributed by atoms with Crippen LogP contribution in [-0.4, -0.2) is 12.2 Å². The van der Waals surface area contributed by atoms with E-state index in [1.54, 1.807) is 7.11 Å². The maximum Gasteiger partial charge on any atom is 0.124 e. The predicted octanol–water partition coefficient (Wildman–Crippen LogP) is 3.09. The first-order valence-electron chi connectivity index (χ1n) is 5.83. The van der Waals surface area contributed by atoms with Crippen LogP contribution in [0.5, 0.6) is 5.75 Å². The summed E-state index contributed by atoms with van der Waals surface area (Å²) in [6.07, 6.45) is 2.68. The topological polar surface area (TPSA) is 29.5 Å². The summed E-state index contributed by atoms with van der Waals surface area (Å²) < 4.78 is 5.33. The van der Waals surface area contributed by atoms with Crippen molar-refractivity contribution in [3.8, 4) is 5.75 Å². The van der Waals surface area contributed by atoms with Gasteiger partial charge in [0.25, 0.3) is 0 Å². The lowest BCUT2D eigenvalue weighted by Gasteiger charge is -2.27. The molecule has 1 fully saturated rings. The van der Waals surface area contributed by atoms with Crippen LogP contribution in [0.4, 0.5) is 0 Å². The smallest absolute Gasteiger partial charge is 0.124 e. The highest BCUT2D eigenvalue weighted by atomic mass is 16.5. The molecular weight excluding hydrogens is 200 g/mol. The molecule has 0 saturated heterocycles. The van der Waals surface area contributed by atoms with Crippen molar-refractivity contribution >= 4 is 0 Å². The minimum atomic E-state index is -0.712. The molecule has 2 heteroatoms. The van der Waals surface area contributed by atoms with Gasteiger partial charge in [-0.3, -0.25) is 0 Å². The predicted molar refractivity (Wildman–Crippen MR) is 64.5 cm³/mol. The minimum Gasteiger partial charge on any atom is -0.496 e. The summed E-state index contributed by atoms with van der Waals surface area (Å²) >= 11 is 0. The monoisotopic (exact) mass is 220 g/mol. The molecule has 0 aromatic heterocycles. The summed E-state index contributed by atoms with van der Waals surface area (Å²) in [7, 11) is 1.66. The number of ether oxygens (including phenoxy) is 1. The van der Waals surface area contributed by atoms with Gasteiger partial charge in [-0.2, -0.15) is 0 Å². The fourth-order valence-corrected chi connectivity index (χ4v) is 2.77. The number of para-hydroxylation sites is 1. The Morgan fingerprint density at radius 2 is 1.88 bits per heavy atom. The van der Waals surface area contributed by atoms with E-state index in [1.807, 2.05) is 24.3 Å². The lowest BCUT2D eigenvalue weighted by atomic mass is 9.85. The first kappa shape index (κ1) is 11.5. The number of hydrogen-bond donors (Lipinski definition) is 1. The van der Waals surface area contributed by atoms with Crippen LogP contribution >= 0.6 is 0 Å². The third kappa shape index (κ3) is 1.94. The van der Waals surface area contributed by atoms with E-state index in [4.69, 9.17) is 4.74 Å². The average Bonchev–Trinajstić information content (AvgIpc) is 2.54. The van der Waals surface area contributed by atoms with Gasteiger partial charge in [0.2, 0.25) is 0 Å². The molecule has 0 heterocycles. The van der Waals surface area contributed by atoms with Crippen molar-refractivity contribution in [2.45, 2.75) is 38.7 Å². The van der Waals surface area contributed by atoms with E-state index in [2.05, 4.69) is 13.8 Å². The highest BCUT2D eigenvalue weighted by Gasteiger charge is 2.44. The first-order chi connectivity index (χ1) is 7.47. The Bertz CT molecular complexity index is 384. The normalized spacial score (nSPS) is 28.0. The van der Waals surface area contributed by atoms with Crippen LogP contribution in [0.2, 0.25) is 0 Å². The molecule has 0 bridgehead atoms. The lowest BCUT2D eigenvalue weighted by molar-refractivity contribution is 0.0315. The van der Waals surface area contributed by atoms with Gasteiger partial charge in [-0.15, -0.1) is 0 Å². The second-order valence-corrected chi connectivity index (χ2v) is 5.57. The Morgan fingerprint density at radius 3 is 2.44 bits per heavy atom. The van der Waals surface area contributed by atoms with E-state index in [1.165, 1.54) is 0 Å².